The fourth-order valence-electron chi connectivity index (χ4n) is 2.56. The van der Waals surface area contributed by atoms with Crippen molar-refractivity contribution in [1.82, 2.24) is 0 Å². The van der Waals surface area contributed by atoms with E-state index in [2.05, 4.69) is 79.5 Å². The highest BCUT2D eigenvalue weighted by atomic mass is 15.1. The van der Waals surface area contributed by atoms with E-state index in [4.69, 9.17) is 0 Å². The van der Waals surface area contributed by atoms with Crippen molar-refractivity contribution in [2.75, 3.05) is 18.0 Å². The van der Waals surface area contributed by atoms with Crippen LogP contribution in [0.15, 0.2) is 48.5 Å². The standard InChI is InChI=1S/C19H26N2/c1-4-21(5-2)19-12-10-18(11-13-19)15-20-14-17-8-6-16(3)7-9-17/h6-13,20H,4-5,14-15H2,1-3H3/p+1. The summed E-state index contributed by atoms with van der Waals surface area (Å²) in [5, 5.41) is 2.36. The highest BCUT2D eigenvalue weighted by molar-refractivity contribution is 5.47. The van der Waals surface area contributed by atoms with E-state index in [1.165, 1.54) is 22.4 Å². The zero-order valence-electron chi connectivity index (χ0n) is 13.5. The number of nitrogens with two attached hydrogens (primary N) is 1. The Morgan fingerprint density at radius 2 is 1.24 bits per heavy atom. The Morgan fingerprint density at radius 1 is 0.762 bits per heavy atom. The van der Waals surface area contributed by atoms with Crippen LogP contribution in [-0.4, -0.2) is 13.1 Å². The topological polar surface area (TPSA) is 19.9 Å². The Labute approximate surface area is 128 Å². The molecule has 0 atom stereocenters. The van der Waals surface area contributed by atoms with E-state index in [0.717, 1.165) is 26.2 Å². The number of rotatable bonds is 7. The monoisotopic (exact) mass is 283 g/mol. The lowest BCUT2D eigenvalue weighted by Gasteiger charge is -2.21. The molecule has 0 aromatic heterocycles. The van der Waals surface area contributed by atoms with E-state index >= 15 is 0 Å². The van der Waals surface area contributed by atoms with E-state index in [0.29, 0.717) is 0 Å². The van der Waals surface area contributed by atoms with Gasteiger partial charge >= 0.3 is 0 Å². The first kappa shape index (κ1) is 15.6. The molecule has 2 heteroatoms. The van der Waals surface area contributed by atoms with Gasteiger partial charge in [-0.3, -0.25) is 0 Å². The summed E-state index contributed by atoms with van der Waals surface area (Å²) in [6.07, 6.45) is 0. The highest BCUT2D eigenvalue weighted by Crippen LogP contribution is 2.14. The molecular weight excluding hydrogens is 256 g/mol. The highest BCUT2D eigenvalue weighted by Gasteiger charge is 2.02. The van der Waals surface area contributed by atoms with Crippen LogP contribution < -0.4 is 10.2 Å². The summed E-state index contributed by atoms with van der Waals surface area (Å²) >= 11 is 0. The third-order valence-corrected chi connectivity index (χ3v) is 3.95. The number of hydrogen-bond acceptors (Lipinski definition) is 1. The summed E-state index contributed by atoms with van der Waals surface area (Å²) < 4.78 is 0. The van der Waals surface area contributed by atoms with E-state index in [1.807, 2.05) is 0 Å². The Morgan fingerprint density at radius 3 is 1.71 bits per heavy atom. The molecule has 2 rings (SSSR count). The second-order valence-corrected chi connectivity index (χ2v) is 5.52. The SMILES string of the molecule is CCN(CC)c1ccc(C[NH2+]Cc2ccc(C)cc2)cc1. The van der Waals surface area contributed by atoms with Gasteiger partial charge in [0.15, 0.2) is 0 Å². The minimum Gasteiger partial charge on any atom is -0.372 e. The number of quaternary nitrogens is 1. The molecule has 0 bridgehead atoms. The molecular formula is C19H27N2+. The quantitative estimate of drug-likeness (QED) is 0.827. The molecule has 0 fully saturated rings. The predicted octanol–water partition coefficient (Wildman–Crippen LogP) is 3.10. The molecule has 2 aromatic carbocycles. The van der Waals surface area contributed by atoms with Crippen molar-refractivity contribution in [2.24, 2.45) is 0 Å². The van der Waals surface area contributed by atoms with Gasteiger partial charge in [-0.05, 0) is 32.9 Å². The third-order valence-electron chi connectivity index (χ3n) is 3.95. The number of aryl methyl sites for hydroxylation is 1. The van der Waals surface area contributed by atoms with Gasteiger partial charge in [-0.1, -0.05) is 42.0 Å². The average molecular weight is 283 g/mol. The minimum absolute atomic E-state index is 1.03. The van der Waals surface area contributed by atoms with E-state index < -0.39 is 0 Å². The lowest BCUT2D eigenvalue weighted by Crippen LogP contribution is -2.80. The Bertz CT molecular complexity index is 524. The van der Waals surface area contributed by atoms with E-state index in [1.54, 1.807) is 0 Å². The Kier molecular flexibility index (Phi) is 5.82. The second-order valence-electron chi connectivity index (χ2n) is 5.52. The molecule has 0 saturated carbocycles. The van der Waals surface area contributed by atoms with Crippen molar-refractivity contribution in [3.63, 3.8) is 0 Å². The largest absolute Gasteiger partial charge is 0.372 e. The fourth-order valence-corrected chi connectivity index (χ4v) is 2.56. The first-order chi connectivity index (χ1) is 10.2. The molecule has 0 spiro atoms. The molecule has 0 unspecified atom stereocenters. The van der Waals surface area contributed by atoms with Gasteiger partial charge in [-0.15, -0.1) is 0 Å². The van der Waals surface area contributed by atoms with Crippen LogP contribution in [0.25, 0.3) is 0 Å². The van der Waals surface area contributed by atoms with Crippen molar-refractivity contribution >= 4 is 5.69 Å². The van der Waals surface area contributed by atoms with Crippen LogP contribution in [0.4, 0.5) is 5.69 Å². The Balaban J connectivity index is 1.84. The van der Waals surface area contributed by atoms with Crippen molar-refractivity contribution in [2.45, 2.75) is 33.9 Å². The summed E-state index contributed by atoms with van der Waals surface area (Å²) in [5.41, 5.74) is 5.42. The summed E-state index contributed by atoms with van der Waals surface area (Å²) in [6.45, 7) is 10.7. The summed E-state index contributed by atoms with van der Waals surface area (Å²) in [4.78, 5) is 2.37. The molecule has 0 radical (unpaired) electrons. The van der Waals surface area contributed by atoms with Crippen LogP contribution in [0, 0.1) is 6.92 Å². The van der Waals surface area contributed by atoms with Gasteiger partial charge in [-0.2, -0.15) is 0 Å². The molecule has 0 aliphatic carbocycles. The molecule has 21 heavy (non-hydrogen) atoms. The molecule has 0 aliphatic heterocycles. The maximum Gasteiger partial charge on any atom is 0.101 e. The van der Waals surface area contributed by atoms with Gasteiger partial charge in [0.05, 0.1) is 0 Å². The Hall–Kier alpha value is -1.80. The average Bonchev–Trinajstić information content (AvgIpc) is 2.52. The van der Waals surface area contributed by atoms with Crippen LogP contribution in [0.2, 0.25) is 0 Å². The molecule has 0 amide bonds. The number of benzene rings is 2. The van der Waals surface area contributed by atoms with Crippen molar-refractivity contribution in [3.05, 3.63) is 65.2 Å². The maximum atomic E-state index is 2.37. The zero-order chi connectivity index (χ0) is 15.1. The first-order valence-corrected chi connectivity index (χ1v) is 7.94. The smallest absolute Gasteiger partial charge is 0.101 e. The van der Waals surface area contributed by atoms with Gasteiger partial charge in [-0.25, -0.2) is 0 Å². The number of nitrogens with zero attached hydrogens (tertiary/aromatic N) is 1. The molecule has 2 aromatic rings. The zero-order valence-corrected chi connectivity index (χ0v) is 13.5. The van der Waals surface area contributed by atoms with Crippen molar-refractivity contribution < 1.29 is 5.32 Å². The van der Waals surface area contributed by atoms with Crippen LogP contribution in [0.3, 0.4) is 0 Å². The molecule has 2 N–H and O–H groups in total. The normalized spacial score (nSPS) is 10.6. The van der Waals surface area contributed by atoms with Crippen LogP contribution in [0.1, 0.15) is 30.5 Å². The predicted molar refractivity (Wildman–Crippen MR) is 90.5 cm³/mol. The van der Waals surface area contributed by atoms with Crippen molar-refractivity contribution in [1.29, 1.82) is 0 Å². The van der Waals surface area contributed by atoms with E-state index in [9.17, 15) is 0 Å². The number of anilines is 1. The van der Waals surface area contributed by atoms with E-state index in [-0.39, 0.29) is 0 Å². The van der Waals surface area contributed by atoms with Gasteiger partial charge in [0.1, 0.15) is 13.1 Å². The summed E-state index contributed by atoms with van der Waals surface area (Å²) in [7, 11) is 0. The van der Waals surface area contributed by atoms with Gasteiger partial charge in [0.2, 0.25) is 0 Å². The first-order valence-electron chi connectivity index (χ1n) is 7.94. The third kappa shape index (κ3) is 4.61. The molecule has 2 nitrogen and oxygen atoms in total. The van der Waals surface area contributed by atoms with Gasteiger partial charge < -0.3 is 10.2 Å². The van der Waals surface area contributed by atoms with Crippen LogP contribution >= 0.6 is 0 Å². The summed E-state index contributed by atoms with van der Waals surface area (Å²) in [5.74, 6) is 0. The van der Waals surface area contributed by atoms with Gasteiger partial charge in [0, 0.05) is 29.9 Å². The number of hydrogen-bond donors (Lipinski definition) is 1. The fraction of sp³-hybridized carbons (Fsp3) is 0.368. The molecule has 0 aliphatic rings. The molecule has 0 heterocycles. The van der Waals surface area contributed by atoms with Gasteiger partial charge in [0.25, 0.3) is 0 Å². The maximum absolute atomic E-state index is 2.37. The second kappa shape index (κ2) is 7.84. The van der Waals surface area contributed by atoms with Crippen molar-refractivity contribution in [3.8, 4) is 0 Å². The van der Waals surface area contributed by atoms with Crippen LogP contribution in [-0.2, 0) is 13.1 Å². The summed E-state index contributed by atoms with van der Waals surface area (Å²) in [6, 6.07) is 17.8. The molecule has 112 valence electrons. The molecule has 0 saturated heterocycles. The minimum atomic E-state index is 1.03. The lowest BCUT2D eigenvalue weighted by molar-refractivity contribution is -0.686. The lowest BCUT2D eigenvalue weighted by atomic mass is 10.1. The van der Waals surface area contributed by atoms with Crippen LogP contribution in [0.5, 0.6) is 0 Å².